The number of hydrogen-bond donors (Lipinski definition) is 1. The summed E-state index contributed by atoms with van der Waals surface area (Å²) < 4.78 is 0.461. The monoisotopic (exact) mass is 244 g/mol. The van der Waals surface area contributed by atoms with E-state index in [1.165, 1.54) is 44.5 Å². The Balaban J connectivity index is 2.26. The lowest BCUT2D eigenvalue weighted by Gasteiger charge is -2.25. The molecule has 1 aliphatic heterocycles. The molecule has 0 aliphatic carbocycles. The van der Waals surface area contributed by atoms with Crippen molar-refractivity contribution in [2.75, 3.05) is 25.4 Å². The second kappa shape index (κ2) is 6.87. The first-order valence-corrected chi connectivity index (χ1v) is 7.64. The van der Waals surface area contributed by atoms with Gasteiger partial charge < -0.3 is 10.6 Å². The van der Waals surface area contributed by atoms with Crippen LogP contribution in [0.1, 0.15) is 46.5 Å². The van der Waals surface area contributed by atoms with Gasteiger partial charge in [0.15, 0.2) is 0 Å². The lowest BCUT2D eigenvalue weighted by atomic mass is 10.1. The Morgan fingerprint density at radius 3 is 2.81 bits per heavy atom. The van der Waals surface area contributed by atoms with E-state index in [0.29, 0.717) is 10.8 Å². The number of unbranched alkanes of at least 4 members (excludes halogenated alkanes) is 1. The second-order valence-corrected chi connectivity index (χ2v) is 7.36. The third-order valence-electron chi connectivity index (χ3n) is 3.35. The van der Waals surface area contributed by atoms with Gasteiger partial charge in [-0.2, -0.15) is 11.8 Å². The number of nitrogens with two attached hydrogens (primary N) is 1. The molecule has 3 heteroatoms. The largest absolute Gasteiger partial charge is 0.327 e. The highest BCUT2D eigenvalue weighted by Gasteiger charge is 2.24. The second-order valence-electron chi connectivity index (χ2n) is 5.56. The van der Waals surface area contributed by atoms with E-state index in [4.69, 9.17) is 5.73 Å². The third-order valence-corrected chi connectivity index (χ3v) is 4.72. The average Bonchev–Trinajstić information content (AvgIpc) is 2.37. The summed E-state index contributed by atoms with van der Waals surface area (Å²) in [5, 5.41) is 0. The van der Waals surface area contributed by atoms with Crippen molar-refractivity contribution >= 4 is 11.8 Å². The SMILES string of the molecule is CCCCC(N)CN1CCSC(C)(C)CC1. The van der Waals surface area contributed by atoms with Crippen LogP contribution in [0.15, 0.2) is 0 Å². The molecule has 0 bridgehead atoms. The Labute approximate surface area is 105 Å². The topological polar surface area (TPSA) is 29.3 Å². The van der Waals surface area contributed by atoms with Crippen molar-refractivity contribution in [3.05, 3.63) is 0 Å². The van der Waals surface area contributed by atoms with E-state index in [2.05, 4.69) is 37.4 Å². The summed E-state index contributed by atoms with van der Waals surface area (Å²) in [5.41, 5.74) is 6.16. The van der Waals surface area contributed by atoms with Crippen LogP contribution in [0, 0.1) is 0 Å². The zero-order valence-electron chi connectivity index (χ0n) is 11.2. The molecule has 1 unspecified atom stereocenters. The van der Waals surface area contributed by atoms with Gasteiger partial charge in [0, 0.05) is 29.6 Å². The van der Waals surface area contributed by atoms with E-state index in [1.54, 1.807) is 0 Å². The van der Waals surface area contributed by atoms with Crippen LogP contribution < -0.4 is 5.73 Å². The number of hydrogen-bond acceptors (Lipinski definition) is 3. The molecule has 0 aromatic heterocycles. The zero-order valence-corrected chi connectivity index (χ0v) is 12.0. The van der Waals surface area contributed by atoms with Gasteiger partial charge in [-0.25, -0.2) is 0 Å². The normalized spacial score (nSPS) is 24.0. The quantitative estimate of drug-likeness (QED) is 0.806. The van der Waals surface area contributed by atoms with Crippen molar-refractivity contribution in [1.29, 1.82) is 0 Å². The first kappa shape index (κ1) is 14.3. The minimum absolute atomic E-state index is 0.381. The van der Waals surface area contributed by atoms with Crippen LogP contribution in [0.25, 0.3) is 0 Å². The van der Waals surface area contributed by atoms with Gasteiger partial charge in [-0.3, -0.25) is 0 Å². The van der Waals surface area contributed by atoms with E-state index >= 15 is 0 Å². The first-order valence-electron chi connectivity index (χ1n) is 6.65. The summed E-state index contributed by atoms with van der Waals surface area (Å²) in [6.07, 6.45) is 5.01. The first-order chi connectivity index (χ1) is 7.53. The molecule has 0 aromatic rings. The summed E-state index contributed by atoms with van der Waals surface area (Å²) in [6, 6.07) is 0.381. The molecule has 1 rings (SSSR count). The lowest BCUT2D eigenvalue weighted by Crippen LogP contribution is -2.39. The highest BCUT2D eigenvalue weighted by atomic mass is 32.2. The average molecular weight is 244 g/mol. The number of rotatable bonds is 5. The molecular weight excluding hydrogens is 216 g/mol. The van der Waals surface area contributed by atoms with E-state index in [1.807, 2.05) is 0 Å². The van der Waals surface area contributed by atoms with Gasteiger partial charge in [0.05, 0.1) is 0 Å². The van der Waals surface area contributed by atoms with E-state index < -0.39 is 0 Å². The standard InChI is InChI=1S/C13H28N2S/c1-4-5-6-12(14)11-15-8-7-13(2,3)16-10-9-15/h12H,4-11,14H2,1-3H3. The van der Waals surface area contributed by atoms with Gasteiger partial charge in [0.1, 0.15) is 0 Å². The summed E-state index contributed by atoms with van der Waals surface area (Å²) in [5.74, 6) is 1.26. The molecule has 2 nitrogen and oxygen atoms in total. The molecule has 1 saturated heterocycles. The molecule has 16 heavy (non-hydrogen) atoms. The van der Waals surface area contributed by atoms with Crippen LogP contribution in [0.4, 0.5) is 0 Å². The van der Waals surface area contributed by atoms with Crippen molar-refractivity contribution in [1.82, 2.24) is 4.90 Å². The van der Waals surface area contributed by atoms with Gasteiger partial charge in [0.25, 0.3) is 0 Å². The van der Waals surface area contributed by atoms with E-state index in [-0.39, 0.29) is 0 Å². The zero-order chi connectivity index (χ0) is 12.0. The molecule has 2 N–H and O–H groups in total. The number of thioether (sulfide) groups is 1. The van der Waals surface area contributed by atoms with Crippen LogP contribution in [0.5, 0.6) is 0 Å². The molecule has 1 aliphatic rings. The Hall–Kier alpha value is 0.270. The van der Waals surface area contributed by atoms with Gasteiger partial charge in [-0.1, -0.05) is 33.6 Å². The molecule has 1 heterocycles. The van der Waals surface area contributed by atoms with Crippen molar-refractivity contribution in [3.8, 4) is 0 Å². The predicted octanol–water partition coefficient (Wildman–Crippen LogP) is 2.72. The maximum Gasteiger partial charge on any atom is 0.0167 e. The van der Waals surface area contributed by atoms with Crippen LogP contribution in [-0.4, -0.2) is 41.1 Å². The Kier molecular flexibility index (Phi) is 6.16. The highest BCUT2D eigenvalue weighted by Crippen LogP contribution is 2.30. The smallest absolute Gasteiger partial charge is 0.0167 e. The molecule has 0 spiro atoms. The third kappa shape index (κ3) is 5.55. The van der Waals surface area contributed by atoms with Gasteiger partial charge in [0.2, 0.25) is 0 Å². The predicted molar refractivity (Wildman–Crippen MR) is 75.1 cm³/mol. The fourth-order valence-corrected chi connectivity index (χ4v) is 3.27. The summed E-state index contributed by atoms with van der Waals surface area (Å²) in [4.78, 5) is 2.56. The fourth-order valence-electron chi connectivity index (χ4n) is 2.13. The van der Waals surface area contributed by atoms with Crippen LogP contribution >= 0.6 is 11.8 Å². The molecule has 1 atom stereocenters. The fraction of sp³-hybridized carbons (Fsp3) is 1.00. The summed E-state index contributed by atoms with van der Waals surface area (Å²) in [7, 11) is 0. The molecule has 0 amide bonds. The van der Waals surface area contributed by atoms with Crippen molar-refractivity contribution in [2.24, 2.45) is 5.73 Å². The maximum atomic E-state index is 6.16. The minimum Gasteiger partial charge on any atom is -0.327 e. The Morgan fingerprint density at radius 1 is 1.38 bits per heavy atom. The molecule has 0 aromatic carbocycles. The van der Waals surface area contributed by atoms with E-state index in [9.17, 15) is 0 Å². The van der Waals surface area contributed by atoms with Crippen molar-refractivity contribution in [3.63, 3.8) is 0 Å². The van der Waals surface area contributed by atoms with E-state index in [0.717, 1.165) is 6.54 Å². The van der Waals surface area contributed by atoms with Crippen molar-refractivity contribution in [2.45, 2.75) is 57.2 Å². The van der Waals surface area contributed by atoms with Gasteiger partial charge in [-0.15, -0.1) is 0 Å². The molecule has 0 saturated carbocycles. The molecule has 0 radical (unpaired) electrons. The molecule has 96 valence electrons. The maximum absolute atomic E-state index is 6.16. The highest BCUT2D eigenvalue weighted by molar-refractivity contribution is 8.00. The van der Waals surface area contributed by atoms with Gasteiger partial charge >= 0.3 is 0 Å². The number of nitrogens with zero attached hydrogens (tertiary/aromatic N) is 1. The molecule has 1 fully saturated rings. The van der Waals surface area contributed by atoms with Crippen LogP contribution in [0.3, 0.4) is 0 Å². The summed E-state index contributed by atoms with van der Waals surface area (Å²) >= 11 is 2.11. The summed E-state index contributed by atoms with van der Waals surface area (Å²) in [6.45, 7) is 10.5. The van der Waals surface area contributed by atoms with Crippen LogP contribution in [0.2, 0.25) is 0 Å². The Bertz CT molecular complexity index is 194. The lowest BCUT2D eigenvalue weighted by molar-refractivity contribution is 0.261. The minimum atomic E-state index is 0.381. The Morgan fingerprint density at radius 2 is 2.12 bits per heavy atom. The molecular formula is C13H28N2S. The van der Waals surface area contributed by atoms with Gasteiger partial charge in [-0.05, 0) is 19.4 Å². The van der Waals surface area contributed by atoms with Crippen molar-refractivity contribution < 1.29 is 0 Å². The van der Waals surface area contributed by atoms with Crippen LogP contribution in [-0.2, 0) is 0 Å².